The lowest BCUT2D eigenvalue weighted by Gasteiger charge is -2.30. The molecule has 0 rings (SSSR count). The van der Waals surface area contributed by atoms with E-state index in [1.807, 2.05) is 39.4 Å². The fourth-order valence-electron chi connectivity index (χ4n) is 8.04. The Hall–Kier alpha value is -3.33. The second-order valence-corrected chi connectivity index (χ2v) is 22.5. The van der Waals surface area contributed by atoms with Crippen molar-refractivity contribution >= 4 is 19.7 Å². The molecule has 3 unspecified atom stereocenters. The highest BCUT2D eigenvalue weighted by molar-refractivity contribution is 7.45. The van der Waals surface area contributed by atoms with Crippen LogP contribution in [0.25, 0.3) is 0 Å². The number of carbonyl (C=O) groups excluding carboxylic acids is 2. The number of hydrogen-bond donors (Lipinski definition) is 1. The lowest BCUT2D eigenvalue weighted by molar-refractivity contribution is -0.870. The summed E-state index contributed by atoms with van der Waals surface area (Å²) in [6.45, 7) is 6.62. The second-order valence-electron chi connectivity index (χ2n) is 21.1. The summed E-state index contributed by atoms with van der Waals surface area (Å²) in [7, 11) is 1.12. The summed E-state index contributed by atoms with van der Waals surface area (Å²) >= 11 is 0. The molecule has 0 heterocycles. The lowest BCUT2D eigenvalue weighted by Crippen LogP contribution is -2.47. The average Bonchev–Trinajstić information content (AvgIpc) is 3.37. The van der Waals surface area contributed by atoms with Gasteiger partial charge < -0.3 is 28.5 Å². The number of hydrogen-bond acceptors (Lipinski definition) is 7. The molecule has 0 aromatic carbocycles. The Bertz CT molecular complexity index is 1650. The average molecular weight is 1070 g/mol. The van der Waals surface area contributed by atoms with Gasteiger partial charge in [0.15, 0.2) is 0 Å². The molecule has 10 heteroatoms. The summed E-state index contributed by atoms with van der Waals surface area (Å²) in [5.74, 6) is -0.650. The van der Waals surface area contributed by atoms with E-state index >= 15 is 0 Å². The van der Waals surface area contributed by atoms with Gasteiger partial charge in [0, 0.05) is 12.8 Å². The predicted octanol–water partition coefficient (Wildman–Crippen LogP) is 17.9. The van der Waals surface area contributed by atoms with Gasteiger partial charge in [-0.2, -0.15) is 0 Å². The van der Waals surface area contributed by atoms with Crippen LogP contribution in [0.2, 0.25) is 0 Å². The number of ether oxygens (including phenoxy) is 1. The summed E-state index contributed by atoms with van der Waals surface area (Å²) in [5.41, 5.74) is 0. The first-order chi connectivity index (χ1) is 36.4. The molecule has 0 radical (unpaired) electrons. The van der Waals surface area contributed by atoms with Gasteiger partial charge in [-0.15, -0.1) is 0 Å². The fourth-order valence-corrected chi connectivity index (χ4v) is 8.77. The first-order valence-corrected chi connectivity index (χ1v) is 31.7. The van der Waals surface area contributed by atoms with E-state index in [-0.39, 0.29) is 31.3 Å². The molecular formula is C65H113N2O7P. The Kier molecular flexibility index (Phi) is 51.6. The molecule has 1 amide bonds. The van der Waals surface area contributed by atoms with Crippen molar-refractivity contribution in [2.45, 2.75) is 251 Å². The van der Waals surface area contributed by atoms with Gasteiger partial charge in [0.05, 0.1) is 33.8 Å². The number of nitrogens with one attached hydrogen (secondary N) is 1. The normalized spacial score (nSPS) is 14.5. The highest BCUT2D eigenvalue weighted by Gasteiger charge is 2.27. The van der Waals surface area contributed by atoms with E-state index < -0.39 is 26.6 Å². The first kappa shape index (κ1) is 71.7. The maximum absolute atomic E-state index is 13.5. The van der Waals surface area contributed by atoms with Gasteiger partial charge in [-0.3, -0.25) is 14.2 Å². The van der Waals surface area contributed by atoms with Crippen LogP contribution in [0, 0.1) is 0 Å². The van der Waals surface area contributed by atoms with E-state index in [2.05, 4.69) is 111 Å². The molecule has 0 aliphatic heterocycles. The van der Waals surface area contributed by atoms with E-state index in [0.717, 1.165) is 89.9 Å². The zero-order valence-corrected chi connectivity index (χ0v) is 49.9. The molecule has 0 bridgehead atoms. The van der Waals surface area contributed by atoms with Crippen LogP contribution in [0.15, 0.2) is 109 Å². The molecular weight excluding hydrogens is 952 g/mol. The third-order valence-electron chi connectivity index (χ3n) is 12.7. The minimum atomic E-state index is -4.72. The second kappa shape index (κ2) is 54.0. The highest BCUT2D eigenvalue weighted by Crippen LogP contribution is 2.38. The molecule has 0 spiro atoms. The van der Waals surface area contributed by atoms with E-state index in [9.17, 15) is 19.0 Å². The Morgan fingerprint density at radius 1 is 0.480 bits per heavy atom. The lowest BCUT2D eigenvalue weighted by atomic mass is 10.1. The van der Waals surface area contributed by atoms with Crippen LogP contribution in [0.3, 0.4) is 0 Å². The van der Waals surface area contributed by atoms with E-state index in [4.69, 9.17) is 13.8 Å². The molecule has 0 fully saturated rings. The number of phosphoric ester groups is 1. The Morgan fingerprint density at radius 2 is 0.867 bits per heavy atom. The third kappa shape index (κ3) is 55.2. The molecule has 75 heavy (non-hydrogen) atoms. The maximum atomic E-state index is 13.5. The van der Waals surface area contributed by atoms with Crippen molar-refractivity contribution in [3.63, 3.8) is 0 Å². The minimum Gasteiger partial charge on any atom is -0.756 e. The summed E-state index contributed by atoms with van der Waals surface area (Å²) in [4.78, 5) is 39.9. The molecule has 9 nitrogen and oxygen atoms in total. The Morgan fingerprint density at radius 3 is 1.33 bits per heavy atom. The number of allylic oxidation sites excluding steroid dienone is 17. The molecule has 1 N–H and O–H groups in total. The maximum Gasteiger partial charge on any atom is 0.306 e. The largest absolute Gasteiger partial charge is 0.756 e. The number of carbonyl (C=O) groups is 2. The van der Waals surface area contributed by atoms with Crippen LogP contribution in [0.5, 0.6) is 0 Å². The number of phosphoric acid groups is 1. The van der Waals surface area contributed by atoms with Crippen LogP contribution < -0.4 is 10.2 Å². The molecule has 0 saturated carbocycles. The number of likely N-dealkylation sites (N-methyl/N-ethyl adjacent to an activating group) is 1. The molecule has 0 aromatic heterocycles. The summed E-state index contributed by atoms with van der Waals surface area (Å²) < 4.78 is 30.2. The quantitative estimate of drug-likeness (QED) is 0.0212. The summed E-state index contributed by atoms with van der Waals surface area (Å²) in [5, 5.41) is 2.97. The zero-order valence-electron chi connectivity index (χ0n) is 49.0. The Balaban J connectivity index is 5.38. The standard InChI is InChI=1S/C65H113N2O7P/c1-7-10-13-16-19-22-25-27-29-31-33-35-37-39-42-45-48-51-54-57-64(68)66-62(61-73-75(70,71)72-60-59-67(4,5)6)63(56-53-50-47-44-41-24-21-18-15-12-9-3)74-65(69)58-55-52-49-46-43-40-38-36-34-32-30-28-26-23-20-17-14-11-8-2/h10,13,19-20,22-23,27-30,33,35,39,42,48,51,53,56,62-63H,7-9,11-12,14-18,21,24-26,31-32,34,36-38,40-41,43-47,49-50,52,54-55,57-61H2,1-6H3,(H-,66,68,70,71)/b13-10-,22-19-,23-20-,29-27-,30-28-,35-33-,42-39-,51-48-,56-53+. The number of nitrogens with zero attached hydrogens (tertiary/aromatic N) is 1. The van der Waals surface area contributed by atoms with Gasteiger partial charge in [-0.25, -0.2) is 0 Å². The van der Waals surface area contributed by atoms with Gasteiger partial charge in [0.25, 0.3) is 7.82 Å². The van der Waals surface area contributed by atoms with Crippen molar-refractivity contribution in [2.75, 3.05) is 40.9 Å². The molecule has 430 valence electrons. The summed E-state index contributed by atoms with van der Waals surface area (Å²) in [6, 6.07) is -0.936. The smallest absolute Gasteiger partial charge is 0.306 e. The number of esters is 1. The molecule has 0 aromatic rings. The van der Waals surface area contributed by atoms with E-state index in [0.29, 0.717) is 23.9 Å². The molecule has 0 aliphatic carbocycles. The van der Waals surface area contributed by atoms with Crippen molar-refractivity contribution in [3.8, 4) is 0 Å². The summed E-state index contributed by atoms with van der Waals surface area (Å²) in [6.07, 6.45) is 73.6. The number of unbranched alkanes of at least 4 members (excludes halogenated alkanes) is 21. The number of quaternary nitrogens is 1. The van der Waals surface area contributed by atoms with Gasteiger partial charge in [-0.05, 0) is 102 Å². The minimum absolute atomic E-state index is 0.0418. The Labute approximate surface area is 461 Å². The first-order valence-electron chi connectivity index (χ1n) is 30.2. The van der Waals surface area contributed by atoms with Crippen LogP contribution in [0.4, 0.5) is 0 Å². The van der Waals surface area contributed by atoms with Crippen molar-refractivity contribution in [1.82, 2.24) is 5.32 Å². The highest BCUT2D eigenvalue weighted by atomic mass is 31.2. The van der Waals surface area contributed by atoms with E-state index in [1.54, 1.807) is 6.08 Å². The number of rotatable bonds is 53. The third-order valence-corrected chi connectivity index (χ3v) is 13.7. The van der Waals surface area contributed by atoms with Gasteiger partial charge >= 0.3 is 5.97 Å². The zero-order chi connectivity index (χ0) is 55.0. The van der Waals surface area contributed by atoms with Crippen molar-refractivity contribution in [2.24, 2.45) is 0 Å². The van der Waals surface area contributed by atoms with E-state index in [1.165, 1.54) is 103 Å². The van der Waals surface area contributed by atoms with Gasteiger partial charge in [0.1, 0.15) is 19.3 Å². The van der Waals surface area contributed by atoms with Crippen molar-refractivity contribution < 1.29 is 37.3 Å². The van der Waals surface area contributed by atoms with Crippen molar-refractivity contribution in [3.05, 3.63) is 109 Å². The SMILES string of the molecule is CC/C=C\C/C=C\C/C=C\C/C=C\C/C=C\C/C=C\CCC(=O)NC(COP(=O)([O-])OCC[N+](C)(C)C)C(/C=C/CCCCCCCCCCC)OC(=O)CCCCCCCCCCC/C=C\C/C=C\CCCCC. The van der Waals surface area contributed by atoms with Crippen LogP contribution in [0.1, 0.15) is 239 Å². The van der Waals surface area contributed by atoms with Gasteiger partial charge in [0.2, 0.25) is 5.91 Å². The number of amides is 1. The van der Waals surface area contributed by atoms with Crippen molar-refractivity contribution in [1.29, 1.82) is 0 Å². The van der Waals surface area contributed by atoms with Gasteiger partial charge in [-0.1, -0.05) is 233 Å². The fraction of sp³-hybridized carbons (Fsp3) is 0.692. The molecule has 0 aliphatic rings. The molecule has 3 atom stereocenters. The predicted molar refractivity (Wildman–Crippen MR) is 320 cm³/mol. The monoisotopic (exact) mass is 1060 g/mol. The van der Waals surface area contributed by atoms with Crippen LogP contribution in [-0.2, 0) is 27.9 Å². The van der Waals surface area contributed by atoms with Crippen LogP contribution >= 0.6 is 7.82 Å². The van der Waals surface area contributed by atoms with Crippen LogP contribution in [-0.4, -0.2) is 69.4 Å². The topological polar surface area (TPSA) is 114 Å². The molecule has 0 saturated heterocycles.